The normalized spacial score (nSPS) is 10.7. The molecule has 0 bridgehead atoms. The molecule has 18 heavy (non-hydrogen) atoms. The predicted molar refractivity (Wildman–Crippen MR) is 68.5 cm³/mol. The molecule has 0 saturated heterocycles. The summed E-state index contributed by atoms with van der Waals surface area (Å²) in [7, 11) is 1.73. The van der Waals surface area contributed by atoms with Crippen LogP contribution in [0.4, 0.5) is 10.1 Å². The summed E-state index contributed by atoms with van der Waals surface area (Å²) >= 11 is 5.68. The zero-order chi connectivity index (χ0) is 13.3. The van der Waals surface area contributed by atoms with Gasteiger partial charge >= 0.3 is 0 Å². The molecule has 1 aromatic heterocycles. The number of ether oxygens (including phenoxy) is 1. The van der Waals surface area contributed by atoms with Crippen LogP contribution in [0, 0.1) is 5.82 Å². The first kappa shape index (κ1) is 12.7. The van der Waals surface area contributed by atoms with E-state index in [-0.39, 0.29) is 5.02 Å². The third-order valence-corrected chi connectivity index (χ3v) is 2.84. The van der Waals surface area contributed by atoms with Gasteiger partial charge in [0.05, 0.1) is 10.7 Å². The third kappa shape index (κ3) is 2.26. The van der Waals surface area contributed by atoms with Crippen molar-refractivity contribution < 1.29 is 9.13 Å². The summed E-state index contributed by atoms with van der Waals surface area (Å²) in [5.41, 5.74) is 7.17. The number of anilines is 1. The van der Waals surface area contributed by atoms with E-state index in [1.54, 1.807) is 11.7 Å². The Morgan fingerprint density at radius 1 is 1.50 bits per heavy atom. The van der Waals surface area contributed by atoms with Crippen molar-refractivity contribution in [2.75, 3.05) is 5.73 Å². The van der Waals surface area contributed by atoms with Crippen LogP contribution in [0.15, 0.2) is 18.2 Å². The van der Waals surface area contributed by atoms with Crippen molar-refractivity contribution in [1.29, 1.82) is 0 Å². The molecule has 0 radical (unpaired) electrons. The number of aryl methyl sites for hydroxylation is 2. The van der Waals surface area contributed by atoms with Gasteiger partial charge in [0.25, 0.3) is 0 Å². The van der Waals surface area contributed by atoms with E-state index in [4.69, 9.17) is 22.1 Å². The van der Waals surface area contributed by atoms with Gasteiger partial charge in [0.2, 0.25) is 5.88 Å². The maximum atomic E-state index is 13.0. The van der Waals surface area contributed by atoms with E-state index in [1.807, 2.05) is 6.92 Å². The van der Waals surface area contributed by atoms with Gasteiger partial charge in [0.15, 0.2) is 0 Å². The Hall–Kier alpha value is -1.75. The van der Waals surface area contributed by atoms with Gasteiger partial charge in [0.1, 0.15) is 17.3 Å². The topological polar surface area (TPSA) is 53.1 Å². The fraction of sp³-hybridized carbons (Fsp3) is 0.250. The molecule has 0 aliphatic heterocycles. The summed E-state index contributed by atoms with van der Waals surface area (Å²) in [4.78, 5) is 0. The lowest BCUT2D eigenvalue weighted by Crippen LogP contribution is -1.97. The van der Waals surface area contributed by atoms with Gasteiger partial charge in [-0.15, -0.1) is 0 Å². The van der Waals surface area contributed by atoms with Crippen LogP contribution in [0.1, 0.15) is 12.6 Å². The van der Waals surface area contributed by atoms with E-state index < -0.39 is 5.82 Å². The molecule has 2 rings (SSSR count). The molecular formula is C12H13ClFN3O. The van der Waals surface area contributed by atoms with Crippen molar-refractivity contribution >= 4 is 17.3 Å². The second kappa shape index (κ2) is 4.86. The van der Waals surface area contributed by atoms with Gasteiger partial charge in [-0.05, 0) is 18.6 Å². The van der Waals surface area contributed by atoms with Crippen molar-refractivity contribution in [3.05, 3.63) is 34.7 Å². The van der Waals surface area contributed by atoms with Gasteiger partial charge in [-0.3, -0.25) is 0 Å². The van der Waals surface area contributed by atoms with Crippen molar-refractivity contribution in [3.63, 3.8) is 0 Å². The average molecular weight is 270 g/mol. The highest BCUT2D eigenvalue weighted by molar-refractivity contribution is 6.30. The van der Waals surface area contributed by atoms with E-state index in [9.17, 15) is 4.39 Å². The van der Waals surface area contributed by atoms with Crippen molar-refractivity contribution in [2.24, 2.45) is 7.05 Å². The van der Waals surface area contributed by atoms with Crippen LogP contribution in [0.5, 0.6) is 11.6 Å². The SMILES string of the molecule is CCc1nn(C)c(Oc2ccc(F)c(Cl)c2)c1N. The second-order valence-electron chi connectivity index (χ2n) is 3.82. The minimum atomic E-state index is -0.490. The van der Waals surface area contributed by atoms with E-state index in [2.05, 4.69) is 5.10 Å². The lowest BCUT2D eigenvalue weighted by atomic mass is 10.3. The molecule has 0 fully saturated rings. The number of benzene rings is 1. The number of hydrogen-bond donors (Lipinski definition) is 1. The Kier molecular flexibility index (Phi) is 3.43. The van der Waals surface area contributed by atoms with Gasteiger partial charge < -0.3 is 10.5 Å². The summed E-state index contributed by atoms with van der Waals surface area (Å²) in [6, 6.07) is 4.12. The molecule has 2 N–H and O–H groups in total. The van der Waals surface area contributed by atoms with Gasteiger partial charge in [-0.1, -0.05) is 18.5 Å². The van der Waals surface area contributed by atoms with Crippen molar-refractivity contribution in [3.8, 4) is 11.6 Å². The van der Waals surface area contributed by atoms with Crippen LogP contribution < -0.4 is 10.5 Å². The van der Waals surface area contributed by atoms with Crippen molar-refractivity contribution in [2.45, 2.75) is 13.3 Å². The average Bonchev–Trinajstić information content (AvgIpc) is 2.61. The minimum Gasteiger partial charge on any atom is -0.437 e. The van der Waals surface area contributed by atoms with Gasteiger partial charge in [-0.25, -0.2) is 9.07 Å². The Morgan fingerprint density at radius 2 is 2.22 bits per heavy atom. The number of nitrogen functional groups attached to an aromatic ring is 1. The van der Waals surface area contributed by atoms with E-state index >= 15 is 0 Å². The van der Waals surface area contributed by atoms with Crippen LogP contribution in [0.25, 0.3) is 0 Å². The van der Waals surface area contributed by atoms with Crippen molar-refractivity contribution in [1.82, 2.24) is 9.78 Å². The summed E-state index contributed by atoms with van der Waals surface area (Å²) in [5, 5.41) is 4.23. The zero-order valence-electron chi connectivity index (χ0n) is 10.1. The molecule has 0 atom stereocenters. The molecule has 0 aliphatic rings. The number of halogens is 2. The molecule has 1 aromatic carbocycles. The number of aromatic nitrogens is 2. The molecule has 0 amide bonds. The Labute approximate surface area is 109 Å². The monoisotopic (exact) mass is 269 g/mol. The standard InChI is InChI=1S/C12H13ClFN3O/c1-3-10-11(15)12(17(2)16-10)18-7-4-5-9(14)8(13)6-7/h4-6H,3,15H2,1-2H3. The first-order valence-electron chi connectivity index (χ1n) is 5.47. The summed E-state index contributed by atoms with van der Waals surface area (Å²) < 4.78 is 20.2. The molecule has 0 unspecified atom stereocenters. The molecule has 4 nitrogen and oxygen atoms in total. The number of nitrogens with two attached hydrogens (primary N) is 1. The maximum Gasteiger partial charge on any atom is 0.241 e. The molecule has 1 heterocycles. The lowest BCUT2D eigenvalue weighted by molar-refractivity contribution is 0.431. The minimum absolute atomic E-state index is 0.00366. The van der Waals surface area contributed by atoms with Crippen LogP contribution >= 0.6 is 11.6 Å². The first-order valence-corrected chi connectivity index (χ1v) is 5.85. The lowest BCUT2D eigenvalue weighted by Gasteiger charge is -2.07. The van der Waals surface area contributed by atoms with Gasteiger partial charge in [-0.2, -0.15) is 5.10 Å². The predicted octanol–water partition coefficient (Wildman–Crippen LogP) is 3.15. The van der Waals surface area contributed by atoms with E-state index in [1.165, 1.54) is 18.2 Å². The van der Waals surface area contributed by atoms with Crippen LogP contribution in [-0.2, 0) is 13.5 Å². The second-order valence-corrected chi connectivity index (χ2v) is 4.23. The maximum absolute atomic E-state index is 13.0. The Bertz CT molecular complexity index is 583. The Balaban J connectivity index is 2.33. The summed E-state index contributed by atoms with van der Waals surface area (Å²) in [6.07, 6.45) is 0.715. The largest absolute Gasteiger partial charge is 0.437 e. The highest BCUT2D eigenvalue weighted by Gasteiger charge is 2.14. The highest BCUT2D eigenvalue weighted by Crippen LogP contribution is 2.31. The smallest absolute Gasteiger partial charge is 0.241 e. The summed E-state index contributed by atoms with van der Waals surface area (Å²) in [6.45, 7) is 1.96. The quantitative estimate of drug-likeness (QED) is 0.931. The molecule has 0 aliphatic carbocycles. The summed E-state index contributed by atoms with van der Waals surface area (Å²) in [5.74, 6) is 0.351. The fourth-order valence-corrected chi connectivity index (χ4v) is 1.78. The molecule has 96 valence electrons. The molecule has 2 aromatic rings. The van der Waals surface area contributed by atoms with Crippen LogP contribution in [-0.4, -0.2) is 9.78 Å². The van der Waals surface area contributed by atoms with Crippen LogP contribution in [0.2, 0.25) is 5.02 Å². The van der Waals surface area contributed by atoms with E-state index in [0.717, 1.165) is 5.69 Å². The fourth-order valence-electron chi connectivity index (χ4n) is 1.61. The third-order valence-electron chi connectivity index (χ3n) is 2.55. The highest BCUT2D eigenvalue weighted by atomic mass is 35.5. The van der Waals surface area contributed by atoms with Gasteiger partial charge in [0, 0.05) is 13.1 Å². The number of nitrogens with zero attached hydrogens (tertiary/aromatic N) is 2. The molecular weight excluding hydrogens is 257 g/mol. The van der Waals surface area contributed by atoms with Crippen LogP contribution in [0.3, 0.4) is 0 Å². The number of hydrogen-bond acceptors (Lipinski definition) is 3. The Morgan fingerprint density at radius 3 is 2.78 bits per heavy atom. The van der Waals surface area contributed by atoms with E-state index in [0.29, 0.717) is 23.7 Å². The zero-order valence-corrected chi connectivity index (χ0v) is 10.8. The molecule has 0 spiro atoms. The first-order chi connectivity index (χ1) is 8.52. The molecule has 6 heteroatoms. The molecule has 0 saturated carbocycles. The number of rotatable bonds is 3.